The Morgan fingerprint density at radius 2 is 1.74 bits per heavy atom. The van der Waals surface area contributed by atoms with E-state index in [2.05, 4.69) is 61.0 Å². The summed E-state index contributed by atoms with van der Waals surface area (Å²) in [7, 11) is 0. The Bertz CT molecular complexity index is 1030. The third kappa shape index (κ3) is 5.52. The molecule has 0 unspecified atom stereocenters. The summed E-state index contributed by atoms with van der Waals surface area (Å²) in [6.07, 6.45) is 0.766. The number of carbonyl (C=O) groups excluding carboxylic acids is 1. The summed E-state index contributed by atoms with van der Waals surface area (Å²) in [5.74, 6) is 1.99. The number of anilines is 2. The van der Waals surface area contributed by atoms with Gasteiger partial charge in [0.1, 0.15) is 0 Å². The first-order chi connectivity index (χ1) is 16.2. The Labute approximate surface area is 204 Å². The fourth-order valence-corrected chi connectivity index (χ4v) is 4.85. The second-order valence-electron chi connectivity index (χ2n) is 10.4. The maximum absolute atomic E-state index is 12.5. The van der Waals surface area contributed by atoms with Crippen LogP contribution in [-0.4, -0.2) is 64.4 Å². The van der Waals surface area contributed by atoms with Crippen molar-refractivity contribution >= 4 is 17.5 Å². The average molecular weight is 465 g/mol. The second kappa shape index (κ2) is 10.3. The van der Waals surface area contributed by atoms with Crippen LogP contribution in [0.1, 0.15) is 55.8 Å². The van der Waals surface area contributed by atoms with Crippen LogP contribution in [-0.2, 0) is 24.3 Å². The third-order valence-electron chi connectivity index (χ3n) is 6.79. The molecular formula is C27H40N6O. The Morgan fingerprint density at radius 3 is 2.38 bits per heavy atom. The molecule has 1 N–H and O–H groups in total. The molecule has 7 nitrogen and oxygen atoms in total. The van der Waals surface area contributed by atoms with Crippen LogP contribution in [0.3, 0.4) is 0 Å². The highest BCUT2D eigenvalue weighted by atomic mass is 16.2. The van der Waals surface area contributed by atoms with Gasteiger partial charge in [0.2, 0.25) is 5.91 Å². The number of nitrogens with zero attached hydrogens (tertiary/aromatic N) is 5. The van der Waals surface area contributed by atoms with E-state index in [1.54, 1.807) is 0 Å². The van der Waals surface area contributed by atoms with Crippen LogP contribution < -0.4 is 10.2 Å². The van der Waals surface area contributed by atoms with Crippen molar-refractivity contribution in [1.29, 1.82) is 0 Å². The van der Waals surface area contributed by atoms with Crippen molar-refractivity contribution in [2.24, 2.45) is 5.92 Å². The van der Waals surface area contributed by atoms with Crippen molar-refractivity contribution < 1.29 is 4.79 Å². The van der Waals surface area contributed by atoms with Crippen LogP contribution in [0, 0.1) is 19.8 Å². The Kier molecular flexibility index (Phi) is 7.41. The zero-order chi connectivity index (χ0) is 24.4. The normalized spacial score (nSPS) is 16.8. The first-order valence-electron chi connectivity index (χ1n) is 12.7. The van der Waals surface area contributed by atoms with Crippen molar-refractivity contribution in [2.45, 2.75) is 67.1 Å². The monoisotopic (exact) mass is 464 g/mol. The van der Waals surface area contributed by atoms with Crippen molar-refractivity contribution in [1.82, 2.24) is 19.8 Å². The van der Waals surface area contributed by atoms with Crippen LogP contribution in [0.25, 0.3) is 0 Å². The summed E-state index contributed by atoms with van der Waals surface area (Å²) in [4.78, 5) is 29.5. The third-order valence-corrected chi connectivity index (χ3v) is 6.79. The molecule has 0 bridgehead atoms. The zero-order valence-corrected chi connectivity index (χ0v) is 21.7. The highest BCUT2D eigenvalue weighted by molar-refractivity contribution is 5.78. The zero-order valence-electron chi connectivity index (χ0n) is 21.7. The molecule has 0 radical (unpaired) electrons. The number of hydrogen-bond acceptors (Lipinski definition) is 6. The van der Waals surface area contributed by atoms with Crippen molar-refractivity contribution in [3.8, 4) is 0 Å². The molecule has 184 valence electrons. The lowest BCUT2D eigenvalue weighted by molar-refractivity contribution is -0.135. The lowest BCUT2D eigenvalue weighted by atomic mass is 10.1. The van der Waals surface area contributed by atoms with Gasteiger partial charge < -0.3 is 15.1 Å². The fourth-order valence-electron chi connectivity index (χ4n) is 4.85. The summed E-state index contributed by atoms with van der Waals surface area (Å²) in [6.45, 7) is 18.7. The van der Waals surface area contributed by atoms with E-state index in [9.17, 15) is 4.79 Å². The first-order valence-corrected chi connectivity index (χ1v) is 12.7. The van der Waals surface area contributed by atoms with Gasteiger partial charge in [-0.1, -0.05) is 37.6 Å². The number of fused-ring (bicyclic) bond motifs is 1. The first kappa shape index (κ1) is 24.5. The molecule has 34 heavy (non-hydrogen) atoms. The number of aromatic nitrogens is 2. The van der Waals surface area contributed by atoms with Crippen LogP contribution in [0.5, 0.6) is 0 Å². The lowest BCUT2D eigenvalue weighted by Crippen LogP contribution is -2.47. The van der Waals surface area contributed by atoms with E-state index in [0.29, 0.717) is 6.54 Å². The molecule has 1 fully saturated rings. The van der Waals surface area contributed by atoms with Crippen LogP contribution in [0.2, 0.25) is 0 Å². The highest BCUT2D eigenvalue weighted by Crippen LogP contribution is 2.28. The quantitative estimate of drug-likeness (QED) is 0.702. The molecule has 7 heteroatoms. The summed E-state index contributed by atoms with van der Waals surface area (Å²) in [6, 6.07) is 7.01. The van der Waals surface area contributed by atoms with Crippen molar-refractivity contribution in [3.63, 3.8) is 0 Å². The van der Waals surface area contributed by atoms with Crippen molar-refractivity contribution in [3.05, 3.63) is 46.3 Å². The Balaban J connectivity index is 1.49. The van der Waals surface area contributed by atoms with Gasteiger partial charge in [0.15, 0.2) is 11.6 Å². The van der Waals surface area contributed by atoms with Crippen LogP contribution >= 0.6 is 0 Å². The van der Waals surface area contributed by atoms with E-state index < -0.39 is 0 Å². The highest BCUT2D eigenvalue weighted by Gasteiger charge is 2.28. The van der Waals surface area contributed by atoms with E-state index in [-0.39, 0.29) is 17.9 Å². The minimum Gasteiger partial charge on any atom is -0.365 e. The number of carbonyl (C=O) groups is 1. The SMILES string of the molecule is Cc1ccc(CN2CCN(c3nc4c(nc3NC(C)C)CN(C(=O)C(C)C)CC4)CC2)c(C)c1. The molecule has 1 saturated heterocycles. The molecule has 0 aliphatic carbocycles. The second-order valence-corrected chi connectivity index (χ2v) is 10.4. The van der Waals surface area contributed by atoms with Gasteiger partial charge in [-0.05, 0) is 38.8 Å². The number of amides is 1. The lowest BCUT2D eigenvalue weighted by Gasteiger charge is -2.37. The fraction of sp³-hybridized carbons (Fsp3) is 0.593. The molecule has 0 spiro atoms. The van der Waals surface area contributed by atoms with Gasteiger partial charge in [0.05, 0.1) is 17.9 Å². The smallest absolute Gasteiger partial charge is 0.225 e. The Hall–Kier alpha value is -2.67. The standard InChI is InChI=1S/C27H40N6O/c1-18(2)27(34)33-10-9-23-24(17-33)29-25(28-19(3)4)26(30-23)32-13-11-31(12-14-32)16-22-8-7-20(5)15-21(22)6/h7-8,15,18-19H,9-14,16-17H2,1-6H3,(H,28,29). The molecule has 1 aromatic carbocycles. The Morgan fingerprint density at radius 1 is 1.00 bits per heavy atom. The largest absolute Gasteiger partial charge is 0.365 e. The molecular weight excluding hydrogens is 424 g/mol. The van der Waals surface area contributed by atoms with Crippen molar-refractivity contribution in [2.75, 3.05) is 42.9 Å². The van der Waals surface area contributed by atoms with Gasteiger partial charge in [0.25, 0.3) is 0 Å². The van der Waals surface area contributed by atoms with E-state index in [1.165, 1.54) is 16.7 Å². The maximum Gasteiger partial charge on any atom is 0.225 e. The van der Waals surface area contributed by atoms with E-state index in [0.717, 1.165) is 68.7 Å². The maximum atomic E-state index is 12.5. The summed E-state index contributed by atoms with van der Waals surface area (Å²) in [5.41, 5.74) is 6.07. The molecule has 2 aliphatic rings. The summed E-state index contributed by atoms with van der Waals surface area (Å²) < 4.78 is 0. The molecule has 3 heterocycles. The molecule has 1 amide bonds. The van der Waals surface area contributed by atoms with E-state index >= 15 is 0 Å². The number of aryl methyl sites for hydroxylation is 2. The molecule has 2 aliphatic heterocycles. The minimum atomic E-state index is 0.00188. The van der Waals surface area contributed by atoms with E-state index in [4.69, 9.17) is 9.97 Å². The van der Waals surface area contributed by atoms with Gasteiger partial charge in [-0.3, -0.25) is 9.69 Å². The predicted octanol–water partition coefficient (Wildman–Crippen LogP) is 3.78. The molecule has 1 aromatic heterocycles. The topological polar surface area (TPSA) is 64.6 Å². The number of hydrogen-bond donors (Lipinski definition) is 1. The molecule has 4 rings (SSSR count). The molecule has 0 atom stereocenters. The number of rotatable bonds is 6. The van der Waals surface area contributed by atoms with Gasteiger partial charge >= 0.3 is 0 Å². The van der Waals surface area contributed by atoms with Crippen LogP contribution in [0.15, 0.2) is 18.2 Å². The van der Waals surface area contributed by atoms with Gasteiger partial charge in [-0.15, -0.1) is 0 Å². The average Bonchev–Trinajstić information content (AvgIpc) is 2.79. The number of benzene rings is 1. The van der Waals surface area contributed by atoms with E-state index in [1.807, 2.05) is 18.7 Å². The van der Waals surface area contributed by atoms with Gasteiger partial charge in [0, 0.05) is 57.6 Å². The molecule has 2 aromatic rings. The van der Waals surface area contributed by atoms with Gasteiger partial charge in [-0.2, -0.15) is 0 Å². The van der Waals surface area contributed by atoms with Gasteiger partial charge in [-0.25, -0.2) is 9.97 Å². The number of nitrogens with one attached hydrogen (secondary N) is 1. The predicted molar refractivity (Wildman–Crippen MR) is 138 cm³/mol. The van der Waals surface area contributed by atoms with Crippen LogP contribution in [0.4, 0.5) is 11.6 Å². The summed E-state index contributed by atoms with van der Waals surface area (Å²) >= 11 is 0. The molecule has 0 saturated carbocycles. The number of piperazine rings is 1. The minimum absolute atomic E-state index is 0.00188. The summed E-state index contributed by atoms with van der Waals surface area (Å²) in [5, 5.41) is 3.52.